The van der Waals surface area contributed by atoms with Crippen LogP contribution in [0.1, 0.15) is 19.2 Å². The number of aromatic nitrogens is 2. The lowest BCUT2D eigenvalue weighted by atomic mass is 10.4. The van der Waals surface area contributed by atoms with Gasteiger partial charge in [0, 0.05) is 32.0 Å². The van der Waals surface area contributed by atoms with E-state index in [2.05, 4.69) is 39.7 Å². The van der Waals surface area contributed by atoms with Crippen molar-refractivity contribution in [1.29, 1.82) is 0 Å². The minimum absolute atomic E-state index is 0.794. The van der Waals surface area contributed by atoms with Gasteiger partial charge >= 0.3 is 0 Å². The third kappa shape index (κ3) is 3.89. The molecule has 0 aromatic carbocycles. The van der Waals surface area contributed by atoms with Crippen molar-refractivity contribution in [3.63, 3.8) is 0 Å². The van der Waals surface area contributed by atoms with Crippen LogP contribution in [-0.2, 0) is 0 Å². The van der Waals surface area contributed by atoms with Crippen molar-refractivity contribution in [2.24, 2.45) is 0 Å². The van der Waals surface area contributed by atoms with Crippen LogP contribution >= 0.6 is 12.6 Å². The van der Waals surface area contributed by atoms with Crippen molar-refractivity contribution >= 4 is 24.3 Å². The molecule has 5 heteroatoms. The molecule has 1 heterocycles. The lowest BCUT2D eigenvalue weighted by Crippen LogP contribution is -2.20. The summed E-state index contributed by atoms with van der Waals surface area (Å²) in [5.74, 6) is 3.43. The summed E-state index contributed by atoms with van der Waals surface area (Å²) < 4.78 is 0. The lowest BCUT2D eigenvalue weighted by Gasteiger charge is -2.18. The van der Waals surface area contributed by atoms with E-state index < -0.39 is 0 Å². The summed E-state index contributed by atoms with van der Waals surface area (Å²) in [6.45, 7) is 5.89. The molecule has 1 aromatic heterocycles. The molecule has 0 aliphatic heterocycles. The summed E-state index contributed by atoms with van der Waals surface area (Å²) in [6, 6.07) is 1.98. The average Bonchev–Trinajstić information content (AvgIpc) is 2.26. The fourth-order valence-electron chi connectivity index (χ4n) is 1.47. The average molecular weight is 240 g/mol. The molecule has 1 N–H and O–H groups in total. The third-order valence-corrected chi connectivity index (χ3v) is 2.42. The molecule has 16 heavy (non-hydrogen) atoms. The Morgan fingerprint density at radius 3 is 2.81 bits per heavy atom. The van der Waals surface area contributed by atoms with Crippen LogP contribution in [0, 0.1) is 6.92 Å². The summed E-state index contributed by atoms with van der Waals surface area (Å²) >= 11 is 4.16. The number of nitrogens with one attached hydrogen (secondary N) is 1. The first-order valence-corrected chi connectivity index (χ1v) is 6.22. The summed E-state index contributed by atoms with van der Waals surface area (Å²) in [4.78, 5) is 10.9. The molecule has 1 rings (SSSR count). The second-order valence-electron chi connectivity index (χ2n) is 3.73. The highest BCUT2D eigenvalue weighted by molar-refractivity contribution is 7.80. The van der Waals surface area contributed by atoms with Gasteiger partial charge in [0.1, 0.15) is 17.5 Å². The van der Waals surface area contributed by atoms with E-state index in [4.69, 9.17) is 0 Å². The van der Waals surface area contributed by atoms with Crippen molar-refractivity contribution in [1.82, 2.24) is 9.97 Å². The molecule has 0 spiro atoms. The molecule has 90 valence electrons. The normalized spacial score (nSPS) is 10.2. The van der Waals surface area contributed by atoms with Crippen molar-refractivity contribution in [2.75, 3.05) is 36.1 Å². The Morgan fingerprint density at radius 2 is 2.19 bits per heavy atom. The van der Waals surface area contributed by atoms with E-state index in [0.717, 1.165) is 42.7 Å². The Morgan fingerprint density at radius 1 is 1.44 bits per heavy atom. The molecule has 0 unspecified atom stereocenters. The van der Waals surface area contributed by atoms with Crippen LogP contribution in [0.4, 0.5) is 11.6 Å². The number of nitrogens with zero attached hydrogens (tertiary/aromatic N) is 3. The smallest absolute Gasteiger partial charge is 0.134 e. The maximum absolute atomic E-state index is 4.42. The quantitative estimate of drug-likeness (QED) is 0.746. The van der Waals surface area contributed by atoms with Gasteiger partial charge in [-0.3, -0.25) is 0 Å². The van der Waals surface area contributed by atoms with Gasteiger partial charge in [0.15, 0.2) is 0 Å². The van der Waals surface area contributed by atoms with E-state index in [-0.39, 0.29) is 0 Å². The van der Waals surface area contributed by atoms with Gasteiger partial charge < -0.3 is 10.2 Å². The summed E-state index contributed by atoms with van der Waals surface area (Å²) in [7, 11) is 2.05. The van der Waals surface area contributed by atoms with Crippen LogP contribution in [0.25, 0.3) is 0 Å². The molecule has 0 saturated carbocycles. The minimum atomic E-state index is 0.794. The van der Waals surface area contributed by atoms with Gasteiger partial charge in [-0.05, 0) is 13.3 Å². The zero-order valence-corrected chi connectivity index (χ0v) is 11.1. The highest BCUT2D eigenvalue weighted by Crippen LogP contribution is 2.14. The zero-order chi connectivity index (χ0) is 12.0. The van der Waals surface area contributed by atoms with Crippen LogP contribution in [-0.4, -0.2) is 35.9 Å². The highest BCUT2D eigenvalue weighted by atomic mass is 32.1. The van der Waals surface area contributed by atoms with E-state index >= 15 is 0 Å². The van der Waals surface area contributed by atoms with E-state index in [1.165, 1.54) is 0 Å². The first kappa shape index (κ1) is 13.1. The zero-order valence-electron chi connectivity index (χ0n) is 10.2. The Bertz CT molecular complexity index is 330. The van der Waals surface area contributed by atoms with Gasteiger partial charge in [-0.2, -0.15) is 12.6 Å². The maximum atomic E-state index is 4.42. The van der Waals surface area contributed by atoms with Crippen LogP contribution in [0.5, 0.6) is 0 Å². The Labute approximate surface area is 103 Å². The number of aryl methyl sites for hydroxylation is 1. The third-order valence-electron chi connectivity index (χ3n) is 2.19. The van der Waals surface area contributed by atoms with Crippen LogP contribution in [0.2, 0.25) is 0 Å². The molecule has 0 radical (unpaired) electrons. The van der Waals surface area contributed by atoms with Crippen molar-refractivity contribution < 1.29 is 0 Å². The first-order valence-electron chi connectivity index (χ1n) is 5.59. The molecule has 0 bridgehead atoms. The molecule has 4 nitrogen and oxygen atoms in total. The summed E-state index contributed by atoms with van der Waals surface area (Å²) in [6.07, 6.45) is 1.11. The number of hydrogen-bond acceptors (Lipinski definition) is 5. The Kier molecular flexibility index (Phi) is 5.38. The SMILES string of the molecule is CCCN(C)c1cc(NCCS)nc(C)n1. The number of rotatable bonds is 6. The fourth-order valence-corrected chi connectivity index (χ4v) is 1.58. The minimum Gasteiger partial charge on any atom is -0.369 e. The van der Waals surface area contributed by atoms with E-state index in [0.29, 0.717) is 0 Å². The molecule has 0 aliphatic rings. The van der Waals surface area contributed by atoms with Crippen molar-refractivity contribution in [3.05, 3.63) is 11.9 Å². The molecular formula is C11H20N4S. The second-order valence-corrected chi connectivity index (χ2v) is 4.18. The maximum Gasteiger partial charge on any atom is 0.134 e. The lowest BCUT2D eigenvalue weighted by molar-refractivity contribution is 0.829. The van der Waals surface area contributed by atoms with Gasteiger partial charge in [-0.15, -0.1) is 0 Å². The van der Waals surface area contributed by atoms with Gasteiger partial charge in [-0.1, -0.05) is 6.92 Å². The van der Waals surface area contributed by atoms with Gasteiger partial charge in [-0.25, -0.2) is 9.97 Å². The van der Waals surface area contributed by atoms with E-state index in [9.17, 15) is 0 Å². The molecule has 0 saturated heterocycles. The highest BCUT2D eigenvalue weighted by Gasteiger charge is 2.05. The van der Waals surface area contributed by atoms with Gasteiger partial charge in [0.25, 0.3) is 0 Å². The number of thiol groups is 1. The van der Waals surface area contributed by atoms with Gasteiger partial charge in [0.05, 0.1) is 0 Å². The van der Waals surface area contributed by atoms with Crippen LogP contribution in [0.15, 0.2) is 6.07 Å². The standard InChI is InChI=1S/C11H20N4S/c1-4-6-15(3)11-8-10(12-5-7-16)13-9(2)14-11/h8,16H,4-7H2,1-3H3,(H,12,13,14). The van der Waals surface area contributed by atoms with Crippen LogP contribution < -0.4 is 10.2 Å². The Hall–Kier alpha value is -0.970. The molecule has 0 atom stereocenters. The van der Waals surface area contributed by atoms with Crippen molar-refractivity contribution in [2.45, 2.75) is 20.3 Å². The number of hydrogen-bond donors (Lipinski definition) is 2. The second kappa shape index (κ2) is 6.58. The van der Waals surface area contributed by atoms with Crippen LogP contribution in [0.3, 0.4) is 0 Å². The summed E-state index contributed by atoms with van der Waals surface area (Å²) in [5, 5.41) is 3.22. The molecule has 0 fully saturated rings. The topological polar surface area (TPSA) is 41.0 Å². The van der Waals surface area contributed by atoms with Gasteiger partial charge in [0.2, 0.25) is 0 Å². The largest absolute Gasteiger partial charge is 0.369 e. The predicted octanol–water partition coefficient (Wildman–Crippen LogP) is 1.97. The fraction of sp³-hybridized carbons (Fsp3) is 0.636. The monoisotopic (exact) mass is 240 g/mol. The van der Waals surface area contributed by atoms with E-state index in [1.807, 2.05) is 20.0 Å². The van der Waals surface area contributed by atoms with Crippen molar-refractivity contribution in [3.8, 4) is 0 Å². The predicted molar refractivity (Wildman–Crippen MR) is 72.7 cm³/mol. The molecule has 0 aliphatic carbocycles. The molecule has 0 amide bonds. The molecule has 1 aromatic rings. The summed E-state index contributed by atoms with van der Waals surface area (Å²) in [5.41, 5.74) is 0. The Balaban J connectivity index is 2.80. The molecular weight excluding hydrogens is 220 g/mol. The van der Waals surface area contributed by atoms with E-state index in [1.54, 1.807) is 0 Å². The first-order chi connectivity index (χ1) is 7.67. The number of anilines is 2.